The third-order valence-electron chi connectivity index (χ3n) is 3.97. The number of hydrogen-bond donors (Lipinski definition) is 1. The first kappa shape index (κ1) is 14.6. The molecule has 1 atom stereocenters. The summed E-state index contributed by atoms with van der Waals surface area (Å²) < 4.78 is 1.30. The van der Waals surface area contributed by atoms with Crippen molar-refractivity contribution in [1.29, 1.82) is 0 Å². The van der Waals surface area contributed by atoms with Gasteiger partial charge in [0.2, 0.25) is 0 Å². The van der Waals surface area contributed by atoms with Gasteiger partial charge in [0.05, 0.1) is 10.4 Å². The number of aliphatic hydroxyl groups is 1. The van der Waals surface area contributed by atoms with Gasteiger partial charge in [0.1, 0.15) is 4.34 Å². The van der Waals surface area contributed by atoms with Crippen molar-refractivity contribution in [3.63, 3.8) is 0 Å². The lowest BCUT2D eigenvalue weighted by Crippen LogP contribution is -2.27. The van der Waals surface area contributed by atoms with Gasteiger partial charge in [-0.3, -0.25) is 0 Å². The van der Waals surface area contributed by atoms with E-state index in [9.17, 15) is 5.11 Å². The highest BCUT2D eigenvalue weighted by Gasteiger charge is 2.42. The van der Waals surface area contributed by atoms with Gasteiger partial charge < -0.3 is 5.11 Å². The fourth-order valence-electron chi connectivity index (χ4n) is 3.35. The number of rotatable bonds is 4. The molecule has 1 aromatic rings. The van der Waals surface area contributed by atoms with Crippen molar-refractivity contribution in [3.05, 3.63) is 20.3 Å². The molecule has 0 aromatic carbocycles. The van der Waals surface area contributed by atoms with E-state index in [4.69, 9.17) is 23.2 Å². The third-order valence-corrected chi connectivity index (χ3v) is 5.49. The van der Waals surface area contributed by atoms with Crippen LogP contribution in [-0.2, 0) is 0 Å². The Morgan fingerprint density at radius 1 is 1.33 bits per heavy atom. The molecule has 4 heteroatoms. The Labute approximate surface area is 123 Å². The van der Waals surface area contributed by atoms with E-state index in [0.717, 1.165) is 24.8 Å². The molecule has 0 radical (unpaired) electrons. The maximum absolute atomic E-state index is 10.8. The maximum Gasteiger partial charge on any atom is 0.100 e. The number of thiophene rings is 1. The summed E-state index contributed by atoms with van der Waals surface area (Å²) in [6, 6.07) is 1.83. The first-order chi connectivity index (χ1) is 8.44. The van der Waals surface area contributed by atoms with Crippen LogP contribution in [-0.4, -0.2) is 5.11 Å². The molecule has 1 unspecified atom stereocenters. The van der Waals surface area contributed by atoms with Crippen molar-refractivity contribution in [2.75, 3.05) is 0 Å². The lowest BCUT2D eigenvalue weighted by atomic mass is 9.72. The van der Waals surface area contributed by atoms with Crippen molar-refractivity contribution in [2.24, 2.45) is 11.3 Å². The summed E-state index contributed by atoms with van der Waals surface area (Å²) in [7, 11) is 0. The zero-order chi connectivity index (χ0) is 13.3. The van der Waals surface area contributed by atoms with E-state index >= 15 is 0 Å². The van der Waals surface area contributed by atoms with Crippen LogP contribution in [0.1, 0.15) is 57.6 Å². The highest BCUT2D eigenvalue weighted by Crippen LogP contribution is 2.53. The Kier molecular flexibility index (Phi) is 4.64. The monoisotopic (exact) mass is 306 g/mol. The van der Waals surface area contributed by atoms with Crippen LogP contribution in [0.25, 0.3) is 0 Å². The van der Waals surface area contributed by atoms with Crippen LogP contribution in [0, 0.1) is 11.3 Å². The second-order valence-electron chi connectivity index (χ2n) is 5.85. The molecular weight excluding hydrogens is 287 g/mol. The smallest absolute Gasteiger partial charge is 0.100 e. The van der Waals surface area contributed by atoms with Crippen molar-refractivity contribution >= 4 is 34.5 Å². The van der Waals surface area contributed by atoms with Crippen LogP contribution >= 0.6 is 34.5 Å². The molecule has 0 aliphatic heterocycles. The standard InChI is InChI=1S/C14H20Cl2OS/c1-9(2)8-14(5-3-4-6-14)12(17)10-7-11(15)18-13(10)16/h7,9,12,17H,3-6,8H2,1-2H3. The van der Waals surface area contributed by atoms with Gasteiger partial charge in [0, 0.05) is 11.0 Å². The summed E-state index contributed by atoms with van der Waals surface area (Å²) in [5.41, 5.74) is 0.830. The SMILES string of the molecule is CC(C)CC1(C(O)c2cc(Cl)sc2Cl)CCCC1. The first-order valence-electron chi connectivity index (χ1n) is 6.57. The van der Waals surface area contributed by atoms with Gasteiger partial charge in [0.25, 0.3) is 0 Å². The molecular formula is C14H20Cl2OS. The van der Waals surface area contributed by atoms with E-state index in [1.165, 1.54) is 24.2 Å². The largest absolute Gasteiger partial charge is 0.388 e. The maximum atomic E-state index is 10.8. The van der Waals surface area contributed by atoms with E-state index < -0.39 is 6.10 Å². The molecule has 0 amide bonds. The molecule has 1 aliphatic rings. The Bertz CT molecular complexity index is 408. The predicted octanol–water partition coefficient (Wildman–Crippen LogP) is 5.69. The molecule has 1 heterocycles. The summed E-state index contributed by atoms with van der Waals surface area (Å²) in [6.07, 6.45) is 5.18. The molecule has 0 bridgehead atoms. The van der Waals surface area contributed by atoms with E-state index in [2.05, 4.69) is 13.8 Å². The molecule has 0 spiro atoms. The summed E-state index contributed by atoms with van der Waals surface area (Å²) in [4.78, 5) is 0. The summed E-state index contributed by atoms with van der Waals surface area (Å²) in [6.45, 7) is 4.43. The summed E-state index contributed by atoms with van der Waals surface area (Å²) >= 11 is 13.5. The quantitative estimate of drug-likeness (QED) is 0.757. The Hall–Kier alpha value is 0.240. The highest BCUT2D eigenvalue weighted by atomic mass is 35.5. The number of hydrogen-bond acceptors (Lipinski definition) is 2. The second kappa shape index (κ2) is 5.70. The summed E-state index contributed by atoms with van der Waals surface area (Å²) in [5, 5.41) is 10.8. The second-order valence-corrected chi connectivity index (χ2v) is 8.14. The predicted molar refractivity (Wildman–Crippen MR) is 79.7 cm³/mol. The topological polar surface area (TPSA) is 20.2 Å². The molecule has 1 aromatic heterocycles. The van der Waals surface area contributed by atoms with Gasteiger partial charge in [-0.2, -0.15) is 0 Å². The lowest BCUT2D eigenvalue weighted by Gasteiger charge is -2.36. The van der Waals surface area contributed by atoms with Gasteiger partial charge in [0.15, 0.2) is 0 Å². The number of halogens is 2. The van der Waals surface area contributed by atoms with Crippen molar-refractivity contribution in [3.8, 4) is 0 Å². The van der Waals surface area contributed by atoms with Crippen LogP contribution in [0.4, 0.5) is 0 Å². The molecule has 1 fully saturated rings. The van der Waals surface area contributed by atoms with Crippen molar-refractivity contribution in [1.82, 2.24) is 0 Å². The van der Waals surface area contributed by atoms with Gasteiger partial charge >= 0.3 is 0 Å². The van der Waals surface area contributed by atoms with E-state index in [-0.39, 0.29) is 5.41 Å². The average molecular weight is 307 g/mol. The summed E-state index contributed by atoms with van der Waals surface area (Å²) in [5.74, 6) is 0.589. The fourth-order valence-corrected chi connectivity index (χ4v) is 4.87. The molecule has 102 valence electrons. The van der Waals surface area contributed by atoms with Crippen LogP contribution in [0.2, 0.25) is 8.67 Å². The Balaban J connectivity index is 2.28. The molecule has 1 nitrogen and oxygen atoms in total. The first-order valence-corrected chi connectivity index (χ1v) is 8.15. The van der Waals surface area contributed by atoms with E-state index in [0.29, 0.717) is 14.6 Å². The normalized spacial score (nSPS) is 20.6. The third kappa shape index (κ3) is 2.87. The van der Waals surface area contributed by atoms with Crippen LogP contribution < -0.4 is 0 Å². The Morgan fingerprint density at radius 2 is 1.94 bits per heavy atom. The zero-order valence-corrected chi connectivity index (χ0v) is 13.2. The van der Waals surface area contributed by atoms with Crippen molar-refractivity contribution < 1.29 is 5.11 Å². The molecule has 1 N–H and O–H groups in total. The zero-order valence-electron chi connectivity index (χ0n) is 10.9. The van der Waals surface area contributed by atoms with Gasteiger partial charge in [-0.05, 0) is 31.2 Å². The molecule has 1 saturated carbocycles. The van der Waals surface area contributed by atoms with E-state index in [1.807, 2.05) is 6.07 Å². The van der Waals surface area contributed by atoms with Crippen LogP contribution in [0.3, 0.4) is 0 Å². The minimum atomic E-state index is -0.473. The Morgan fingerprint density at radius 3 is 2.39 bits per heavy atom. The van der Waals surface area contributed by atoms with Crippen LogP contribution in [0.5, 0.6) is 0 Å². The highest BCUT2D eigenvalue weighted by molar-refractivity contribution is 7.20. The minimum Gasteiger partial charge on any atom is -0.388 e. The fraction of sp³-hybridized carbons (Fsp3) is 0.714. The van der Waals surface area contributed by atoms with Crippen molar-refractivity contribution in [2.45, 2.75) is 52.1 Å². The van der Waals surface area contributed by atoms with E-state index in [1.54, 1.807) is 0 Å². The van der Waals surface area contributed by atoms with Gasteiger partial charge in [-0.25, -0.2) is 0 Å². The van der Waals surface area contributed by atoms with Gasteiger partial charge in [-0.15, -0.1) is 11.3 Å². The van der Waals surface area contributed by atoms with Crippen LogP contribution in [0.15, 0.2) is 6.07 Å². The minimum absolute atomic E-state index is 0.00219. The molecule has 18 heavy (non-hydrogen) atoms. The molecule has 1 aliphatic carbocycles. The number of aliphatic hydroxyl groups excluding tert-OH is 1. The molecule has 2 rings (SSSR count). The average Bonchev–Trinajstić information content (AvgIpc) is 2.84. The lowest BCUT2D eigenvalue weighted by molar-refractivity contribution is 0.0115. The van der Waals surface area contributed by atoms with Gasteiger partial charge in [-0.1, -0.05) is 49.9 Å². The molecule has 0 saturated heterocycles.